The molecule has 0 saturated carbocycles. The van der Waals surface area contributed by atoms with Crippen LogP contribution in [0.4, 0.5) is 4.79 Å². The molecule has 6 heteroatoms. The molecule has 3 fully saturated rings. The average molecular weight is 357 g/mol. The molecule has 1 aliphatic carbocycles. The summed E-state index contributed by atoms with van der Waals surface area (Å²) < 4.78 is 5.60. The Balaban J connectivity index is 1.62. The molecular formula is C20H27N3O3. The molecule has 2 bridgehead atoms. The molecule has 4 aliphatic rings. The molecule has 3 heterocycles. The number of carbonyl (C=O) groups is 2. The van der Waals surface area contributed by atoms with Gasteiger partial charge in [-0.15, -0.1) is 0 Å². The number of rotatable bonds is 1. The van der Waals surface area contributed by atoms with Crippen molar-refractivity contribution in [3.8, 4) is 0 Å². The van der Waals surface area contributed by atoms with Crippen LogP contribution in [0.3, 0.4) is 0 Å². The smallest absolute Gasteiger partial charge is 0.411 e. The molecule has 26 heavy (non-hydrogen) atoms. The molecule has 3 aliphatic heterocycles. The quantitative estimate of drug-likeness (QED) is 0.783. The van der Waals surface area contributed by atoms with Crippen LogP contribution in [0.2, 0.25) is 0 Å². The fourth-order valence-corrected chi connectivity index (χ4v) is 4.73. The van der Waals surface area contributed by atoms with Gasteiger partial charge in [0.15, 0.2) is 0 Å². The maximum Gasteiger partial charge on any atom is 0.411 e. The largest absolute Gasteiger partial charge is 0.443 e. The third-order valence-corrected chi connectivity index (χ3v) is 6.46. The molecule has 0 aromatic carbocycles. The zero-order chi connectivity index (χ0) is 18.5. The number of fused-ring (bicyclic) bond motifs is 3. The summed E-state index contributed by atoms with van der Waals surface area (Å²) in [5.41, 5.74) is 0.306. The van der Waals surface area contributed by atoms with E-state index in [2.05, 4.69) is 6.08 Å². The first-order chi connectivity index (χ1) is 12.3. The zero-order valence-electron chi connectivity index (χ0n) is 15.6. The van der Waals surface area contributed by atoms with Gasteiger partial charge >= 0.3 is 6.09 Å². The van der Waals surface area contributed by atoms with Gasteiger partial charge in [-0.1, -0.05) is 12.2 Å². The van der Waals surface area contributed by atoms with E-state index >= 15 is 0 Å². The fourth-order valence-electron chi connectivity index (χ4n) is 4.73. The van der Waals surface area contributed by atoms with Crippen molar-refractivity contribution in [1.29, 1.82) is 5.41 Å². The molecule has 1 spiro atoms. The van der Waals surface area contributed by atoms with Crippen molar-refractivity contribution in [3.63, 3.8) is 0 Å². The summed E-state index contributed by atoms with van der Waals surface area (Å²) in [6.07, 6.45) is 10.3. The van der Waals surface area contributed by atoms with Gasteiger partial charge in [-0.3, -0.25) is 9.69 Å². The van der Waals surface area contributed by atoms with Gasteiger partial charge in [0.05, 0.1) is 0 Å². The summed E-state index contributed by atoms with van der Waals surface area (Å²) in [7, 11) is 0. The van der Waals surface area contributed by atoms with Gasteiger partial charge in [0.1, 0.15) is 11.1 Å². The lowest BCUT2D eigenvalue weighted by atomic mass is 9.83. The van der Waals surface area contributed by atoms with Crippen molar-refractivity contribution in [2.75, 3.05) is 13.1 Å². The van der Waals surface area contributed by atoms with Crippen LogP contribution in [-0.2, 0) is 9.53 Å². The predicted molar refractivity (Wildman–Crippen MR) is 97.9 cm³/mol. The van der Waals surface area contributed by atoms with Gasteiger partial charge in [-0.05, 0) is 52.0 Å². The highest BCUT2D eigenvalue weighted by atomic mass is 16.6. The Hall–Kier alpha value is -2.11. The summed E-state index contributed by atoms with van der Waals surface area (Å²) in [6.45, 7) is 5.10. The number of likely N-dealkylation sites (tertiary alicyclic amines) is 1. The minimum atomic E-state index is -0.754. The molecule has 4 rings (SSSR count). The van der Waals surface area contributed by atoms with E-state index in [1.165, 1.54) is 0 Å². The summed E-state index contributed by atoms with van der Waals surface area (Å²) in [4.78, 5) is 29.5. The second kappa shape index (κ2) is 5.96. The molecule has 0 aromatic heterocycles. The molecule has 6 nitrogen and oxygen atoms in total. The third-order valence-electron chi connectivity index (χ3n) is 6.46. The van der Waals surface area contributed by atoms with Crippen molar-refractivity contribution < 1.29 is 14.3 Å². The Morgan fingerprint density at radius 2 is 2.12 bits per heavy atom. The first-order valence-corrected chi connectivity index (χ1v) is 9.59. The number of carbonyl (C=O) groups excluding carboxylic acids is 2. The summed E-state index contributed by atoms with van der Waals surface area (Å²) >= 11 is 0. The highest BCUT2D eigenvalue weighted by molar-refractivity contribution is 5.94. The van der Waals surface area contributed by atoms with E-state index in [0.29, 0.717) is 38.1 Å². The first-order valence-electron chi connectivity index (χ1n) is 9.59. The SMILES string of the molecule is CC1(C)OC(=O)N2CC1CC21CCN(C2=CCC(=N)CCCC=C2)C1=O. The number of ether oxygens (including phenoxy) is 1. The second-order valence-corrected chi connectivity index (χ2v) is 8.45. The van der Waals surface area contributed by atoms with Crippen LogP contribution in [0.25, 0.3) is 0 Å². The van der Waals surface area contributed by atoms with E-state index in [9.17, 15) is 9.59 Å². The van der Waals surface area contributed by atoms with Crippen LogP contribution in [0.5, 0.6) is 0 Å². The first kappa shape index (κ1) is 17.3. The third kappa shape index (κ3) is 2.58. The van der Waals surface area contributed by atoms with E-state index in [1.54, 1.807) is 4.90 Å². The average Bonchev–Trinajstić information content (AvgIpc) is 3.12. The second-order valence-electron chi connectivity index (χ2n) is 8.45. The van der Waals surface area contributed by atoms with Crippen LogP contribution in [0, 0.1) is 11.3 Å². The van der Waals surface area contributed by atoms with Crippen molar-refractivity contribution in [2.45, 2.75) is 63.5 Å². The Morgan fingerprint density at radius 3 is 2.92 bits per heavy atom. The van der Waals surface area contributed by atoms with Crippen molar-refractivity contribution in [3.05, 3.63) is 23.9 Å². The van der Waals surface area contributed by atoms with Crippen molar-refractivity contribution in [1.82, 2.24) is 9.80 Å². The number of allylic oxidation sites excluding steroid dienone is 3. The number of hydrogen-bond donors (Lipinski definition) is 1. The number of amides is 2. The molecule has 0 radical (unpaired) electrons. The van der Waals surface area contributed by atoms with Crippen molar-refractivity contribution in [2.24, 2.45) is 5.92 Å². The molecule has 2 atom stereocenters. The topological polar surface area (TPSA) is 73.7 Å². The molecule has 0 aromatic rings. The maximum absolute atomic E-state index is 13.4. The van der Waals surface area contributed by atoms with Gasteiger partial charge in [0.2, 0.25) is 0 Å². The van der Waals surface area contributed by atoms with Crippen LogP contribution in [0.1, 0.15) is 52.4 Å². The molecule has 2 amide bonds. The van der Waals surface area contributed by atoms with E-state index in [4.69, 9.17) is 10.1 Å². The lowest BCUT2D eigenvalue weighted by Gasteiger charge is -2.38. The van der Waals surface area contributed by atoms with E-state index in [-0.39, 0.29) is 17.9 Å². The Bertz CT molecular complexity index is 724. The van der Waals surface area contributed by atoms with Crippen molar-refractivity contribution >= 4 is 17.7 Å². The van der Waals surface area contributed by atoms with Crippen LogP contribution < -0.4 is 0 Å². The minimum Gasteiger partial charge on any atom is -0.443 e. The molecular weight excluding hydrogens is 330 g/mol. The van der Waals surface area contributed by atoms with E-state index in [0.717, 1.165) is 25.0 Å². The molecule has 140 valence electrons. The van der Waals surface area contributed by atoms with Gasteiger partial charge < -0.3 is 15.0 Å². The van der Waals surface area contributed by atoms with Gasteiger partial charge in [-0.25, -0.2) is 4.79 Å². The normalized spacial score (nSPS) is 33.8. The van der Waals surface area contributed by atoms with E-state index < -0.39 is 11.1 Å². The highest BCUT2D eigenvalue weighted by Crippen LogP contribution is 2.49. The Kier molecular flexibility index (Phi) is 3.97. The van der Waals surface area contributed by atoms with Crippen LogP contribution in [0.15, 0.2) is 23.9 Å². The lowest BCUT2D eigenvalue weighted by molar-refractivity contribution is -0.134. The number of hydrogen-bond acceptors (Lipinski definition) is 4. The minimum absolute atomic E-state index is 0.0105. The summed E-state index contributed by atoms with van der Waals surface area (Å²) in [5, 5.41) is 8.02. The summed E-state index contributed by atoms with van der Waals surface area (Å²) in [5.74, 6) is 0.193. The zero-order valence-corrected chi connectivity index (χ0v) is 15.6. The number of cyclic esters (lactones) is 1. The van der Waals surface area contributed by atoms with E-state index in [1.807, 2.05) is 30.9 Å². The summed E-state index contributed by atoms with van der Waals surface area (Å²) in [6, 6.07) is 0. The fraction of sp³-hybridized carbons (Fsp3) is 0.650. The van der Waals surface area contributed by atoms with Crippen LogP contribution in [-0.4, -0.2) is 51.7 Å². The highest BCUT2D eigenvalue weighted by Gasteiger charge is 2.64. The maximum atomic E-state index is 13.4. The molecule has 2 unspecified atom stereocenters. The van der Waals surface area contributed by atoms with Gasteiger partial charge in [0.25, 0.3) is 5.91 Å². The number of nitrogens with one attached hydrogen (secondary N) is 1. The van der Waals surface area contributed by atoms with Gasteiger partial charge in [-0.2, -0.15) is 0 Å². The number of nitrogens with zero attached hydrogens (tertiary/aromatic N) is 2. The van der Waals surface area contributed by atoms with Gasteiger partial charge in [0, 0.05) is 36.8 Å². The monoisotopic (exact) mass is 357 g/mol. The molecule has 1 N–H and O–H groups in total. The standard InChI is InChI=1S/C20H27N3O3/c1-19(2)14-12-20(23(13-14)18(25)26-19)10-11-22(17(20)24)16-7-5-3-4-6-15(21)8-9-16/h5,7,9,14,21H,3-4,6,8,10-13H2,1-2H3. The molecule has 3 saturated heterocycles. The van der Waals surface area contributed by atoms with Crippen LogP contribution >= 0.6 is 0 Å². The Labute approximate surface area is 154 Å². The lowest BCUT2D eigenvalue weighted by Crippen LogP contribution is -2.55. The Morgan fingerprint density at radius 1 is 1.31 bits per heavy atom. The predicted octanol–water partition coefficient (Wildman–Crippen LogP) is 3.24.